The highest BCUT2D eigenvalue weighted by Crippen LogP contribution is 2.32. The molecule has 1 aromatic rings. The van der Waals surface area contributed by atoms with Crippen molar-refractivity contribution in [1.29, 1.82) is 0 Å². The lowest BCUT2D eigenvalue weighted by molar-refractivity contribution is 0.329. The number of methoxy groups -OCH3 is 1. The summed E-state index contributed by atoms with van der Waals surface area (Å²) in [6.07, 6.45) is 4.02. The molecule has 0 aliphatic rings. The van der Waals surface area contributed by atoms with Crippen molar-refractivity contribution in [3.63, 3.8) is 0 Å². The number of rotatable bonds is 5. The Bertz CT molecular complexity index is 413. The molecule has 3 heteroatoms. The molecule has 0 radical (unpaired) electrons. The summed E-state index contributed by atoms with van der Waals surface area (Å²) in [6.45, 7) is 10.9. The van der Waals surface area contributed by atoms with Gasteiger partial charge in [0.15, 0.2) is 0 Å². The molecule has 1 heterocycles. The van der Waals surface area contributed by atoms with E-state index in [0.29, 0.717) is 4.83 Å². The van der Waals surface area contributed by atoms with E-state index in [9.17, 15) is 0 Å². The van der Waals surface area contributed by atoms with Gasteiger partial charge in [0, 0.05) is 27.8 Å². The van der Waals surface area contributed by atoms with Crippen LogP contribution in [0.15, 0.2) is 6.20 Å². The topological polar surface area (TPSA) is 22.1 Å². The van der Waals surface area contributed by atoms with Crippen LogP contribution < -0.4 is 4.74 Å². The molecule has 1 atom stereocenters. The lowest BCUT2D eigenvalue weighted by Gasteiger charge is -2.27. The van der Waals surface area contributed by atoms with Crippen LogP contribution in [0.4, 0.5) is 0 Å². The van der Waals surface area contributed by atoms with E-state index in [4.69, 9.17) is 4.74 Å². The lowest BCUT2D eigenvalue weighted by Crippen LogP contribution is -2.20. The minimum absolute atomic E-state index is 0.237. The fourth-order valence-electron chi connectivity index (χ4n) is 2.54. The van der Waals surface area contributed by atoms with Crippen LogP contribution in [-0.2, 0) is 6.42 Å². The van der Waals surface area contributed by atoms with Crippen molar-refractivity contribution in [2.45, 2.75) is 52.3 Å². The van der Waals surface area contributed by atoms with Gasteiger partial charge >= 0.3 is 0 Å². The van der Waals surface area contributed by atoms with Crippen molar-refractivity contribution in [3.8, 4) is 5.75 Å². The third kappa shape index (κ3) is 3.98. The van der Waals surface area contributed by atoms with Crippen LogP contribution >= 0.6 is 15.9 Å². The first-order valence-electron chi connectivity index (χ1n) is 6.40. The molecule has 102 valence electrons. The fraction of sp³-hybridized carbons (Fsp3) is 0.667. The first kappa shape index (κ1) is 15.5. The maximum atomic E-state index is 5.46. The Hall–Kier alpha value is -0.570. The summed E-state index contributed by atoms with van der Waals surface area (Å²) in [4.78, 5) is 5.11. The van der Waals surface area contributed by atoms with Crippen LogP contribution in [0.1, 0.15) is 44.0 Å². The van der Waals surface area contributed by atoms with Gasteiger partial charge in [0.2, 0.25) is 0 Å². The fourth-order valence-corrected chi connectivity index (χ4v) is 3.41. The zero-order chi connectivity index (χ0) is 13.9. The number of ether oxygens (including phenoxy) is 1. The van der Waals surface area contributed by atoms with E-state index in [1.165, 1.54) is 5.56 Å². The molecule has 0 saturated carbocycles. The zero-order valence-electron chi connectivity index (χ0n) is 12.3. The van der Waals surface area contributed by atoms with Crippen LogP contribution in [0.25, 0.3) is 0 Å². The average Bonchev–Trinajstić information content (AvgIpc) is 2.21. The summed E-state index contributed by atoms with van der Waals surface area (Å²) in [5.74, 6) is 0.975. The molecule has 1 rings (SSSR count). The van der Waals surface area contributed by atoms with Crippen molar-refractivity contribution >= 4 is 15.9 Å². The predicted molar refractivity (Wildman–Crippen MR) is 80.8 cm³/mol. The van der Waals surface area contributed by atoms with Gasteiger partial charge in [-0.3, -0.25) is 4.98 Å². The molecule has 1 aromatic heterocycles. The smallest absolute Gasteiger partial charge is 0.128 e. The molecular formula is C15H24BrNO. The monoisotopic (exact) mass is 313 g/mol. The Labute approximate surface area is 119 Å². The molecule has 0 fully saturated rings. The third-order valence-electron chi connectivity index (χ3n) is 3.23. The van der Waals surface area contributed by atoms with Gasteiger partial charge in [0.1, 0.15) is 5.75 Å². The Morgan fingerprint density at radius 1 is 1.39 bits per heavy atom. The van der Waals surface area contributed by atoms with E-state index < -0.39 is 0 Å². The maximum Gasteiger partial charge on any atom is 0.128 e. The van der Waals surface area contributed by atoms with E-state index in [0.717, 1.165) is 29.8 Å². The van der Waals surface area contributed by atoms with Crippen LogP contribution in [-0.4, -0.2) is 16.9 Å². The zero-order valence-corrected chi connectivity index (χ0v) is 13.9. The Morgan fingerprint density at radius 3 is 2.50 bits per heavy atom. The normalized spacial score (nSPS) is 13.5. The second-order valence-electron chi connectivity index (χ2n) is 5.87. The van der Waals surface area contributed by atoms with Crippen molar-refractivity contribution in [2.75, 3.05) is 7.11 Å². The minimum atomic E-state index is 0.237. The van der Waals surface area contributed by atoms with Crippen LogP contribution in [0.3, 0.4) is 0 Å². The first-order valence-corrected chi connectivity index (χ1v) is 7.31. The summed E-state index contributed by atoms with van der Waals surface area (Å²) in [5, 5.41) is 0. The molecule has 0 bridgehead atoms. The molecule has 0 aromatic carbocycles. The predicted octanol–water partition coefficient (Wildman–Crippen LogP) is 4.45. The maximum absolute atomic E-state index is 5.46. The number of aromatic nitrogens is 1. The number of alkyl halides is 1. The molecule has 1 unspecified atom stereocenters. The highest BCUT2D eigenvalue weighted by molar-refractivity contribution is 9.09. The van der Waals surface area contributed by atoms with Gasteiger partial charge in [-0.15, -0.1) is 0 Å². The summed E-state index contributed by atoms with van der Waals surface area (Å²) >= 11 is 3.64. The molecule has 0 amide bonds. The van der Waals surface area contributed by atoms with E-state index >= 15 is 0 Å². The van der Waals surface area contributed by atoms with E-state index in [-0.39, 0.29) is 5.41 Å². The SMILES string of the molecule is COc1c(C)cnc(CC(C)(C)CC(C)Br)c1C. The summed E-state index contributed by atoms with van der Waals surface area (Å²) in [5.41, 5.74) is 3.66. The second-order valence-corrected chi connectivity index (χ2v) is 7.44. The van der Waals surface area contributed by atoms with Gasteiger partial charge < -0.3 is 4.74 Å². The Morgan fingerprint density at radius 2 is 2.00 bits per heavy atom. The number of hydrogen-bond donors (Lipinski definition) is 0. The molecule has 0 spiro atoms. The van der Waals surface area contributed by atoms with E-state index in [1.54, 1.807) is 7.11 Å². The quantitative estimate of drug-likeness (QED) is 0.749. The average molecular weight is 314 g/mol. The van der Waals surface area contributed by atoms with Crippen molar-refractivity contribution in [1.82, 2.24) is 4.98 Å². The van der Waals surface area contributed by atoms with Crippen LogP contribution in [0, 0.1) is 19.3 Å². The standard InChI is InChI=1S/C15H24BrNO/c1-10-9-17-13(12(3)14(10)18-6)8-15(4,5)7-11(2)16/h9,11H,7-8H2,1-6H3. The number of pyridine rings is 1. The van der Waals surface area contributed by atoms with Gasteiger partial charge in [-0.25, -0.2) is 0 Å². The van der Waals surface area contributed by atoms with Gasteiger partial charge in [-0.05, 0) is 32.1 Å². The summed E-state index contributed by atoms with van der Waals surface area (Å²) in [6, 6.07) is 0. The minimum Gasteiger partial charge on any atom is -0.496 e. The van der Waals surface area contributed by atoms with E-state index in [1.807, 2.05) is 13.1 Å². The van der Waals surface area contributed by atoms with Crippen molar-refractivity contribution < 1.29 is 4.74 Å². The summed E-state index contributed by atoms with van der Waals surface area (Å²) in [7, 11) is 1.73. The molecule has 0 aliphatic carbocycles. The van der Waals surface area contributed by atoms with Gasteiger partial charge in [0.25, 0.3) is 0 Å². The molecule has 18 heavy (non-hydrogen) atoms. The third-order valence-corrected chi connectivity index (χ3v) is 3.55. The molecular weight excluding hydrogens is 290 g/mol. The number of aryl methyl sites for hydroxylation is 1. The van der Waals surface area contributed by atoms with Crippen molar-refractivity contribution in [2.24, 2.45) is 5.41 Å². The number of halogens is 1. The molecule has 0 aliphatic heterocycles. The highest BCUT2D eigenvalue weighted by atomic mass is 79.9. The summed E-state index contributed by atoms with van der Waals surface area (Å²) < 4.78 is 5.46. The van der Waals surface area contributed by atoms with Gasteiger partial charge in [-0.2, -0.15) is 0 Å². The largest absolute Gasteiger partial charge is 0.496 e. The lowest BCUT2D eigenvalue weighted by atomic mass is 9.82. The number of hydrogen-bond acceptors (Lipinski definition) is 2. The Kier molecular flexibility index (Phi) is 5.20. The molecule has 0 N–H and O–H groups in total. The Balaban J connectivity index is 2.98. The van der Waals surface area contributed by atoms with Gasteiger partial charge in [-0.1, -0.05) is 36.7 Å². The van der Waals surface area contributed by atoms with Crippen LogP contribution in [0.5, 0.6) is 5.75 Å². The molecule has 2 nitrogen and oxygen atoms in total. The molecule has 0 saturated heterocycles. The van der Waals surface area contributed by atoms with Gasteiger partial charge in [0.05, 0.1) is 7.11 Å². The van der Waals surface area contributed by atoms with E-state index in [2.05, 4.69) is 48.6 Å². The first-order chi connectivity index (χ1) is 8.26. The highest BCUT2D eigenvalue weighted by Gasteiger charge is 2.23. The second kappa shape index (κ2) is 6.05. The number of nitrogens with zero attached hydrogens (tertiary/aromatic N) is 1. The van der Waals surface area contributed by atoms with Crippen molar-refractivity contribution in [3.05, 3.63) is 23.0 Å². The van der Waals surface area contributed by atoms with Crippen LogP contribution in [0.2, 0.25) is 0 Å².